The zero-order valence-electron chi connectivity index (χ0n) is 16.7. The number of hydrogen-bond donors (Lipinski definition) is 0. The molecule has 0 bridgehead atoms. The van der Waals surface area contributed by atoms with Crippen molar-refractivity contribution in [1.29, 1.82) is 0 Å². The third-order valence-corrected chi connectivity index (χ3v) is 5.56. The molecule has 0 amide bonds. The van der Waals surface area contributed by atoms with Gasteiger partial charge < -0.3 is 9.80 Å². The Bertz CT molecular complexity index is 1130. The minimum absolute atomic E-state index is 0.743. The Balaban J connectivity index is 1.68. The lowest BCUT2D eigenvalue weighted by Gasteiger charge is -2.21. The van der Waals surface area contributed by atoms with Gasteiger partial charge in [-0.1, -0.05) is 54.6 Å². The maximum Gasteiger partial charge on any atom is 0.159 e. The molecular formula is C26H23N3. The number of para-hydroxylation sites is 2. The highest BCUT2D eigenvalue weighted by atomic mass is 15.4. The van der Waals surface area contributed by atoms with Gasteiger partial charge in [-0.2, -0.15) is 0 Å². The molecule has 0 radical (unpaired) electrons. The quantitative estimate of drug-likeness (QED) is 0.400. The van der Waals surface area contributed by atoms with Crippen LogP contribution < -0.4 is 9.80 Å². The average Bonchev–Trinajstić information content (AvgIpc) is 3.14. The number of rotatable bonds is 3. The summed E-state index contributed by atoms with van der Waals surface area (Å²) < 4.78 is 0. The lowest BCUT2D eigenvalue weighted by molar-refractivity contribution is 0.982. The zero-order valence-corrected chi connectivity index (χ0v) is 16.7. The highest BCUT2D eigenvalue weighted by Crippen LogP contribution is 2.44. The fraction of sp³-hybridized carbons (Fsp3) is 0.115. The van der Waals surface area contributed by atoms with Crippen LogP contribution >= 0.6 is 0 Å². The molecule has 3 nitrogen and oxygen atoms in total. The van der Waals surface area contributed by atoms with Crippen LogP contribution in [0.5, 0.6) is 0 Å². The highest BCUT2D eigenvalue weighted by Gasteiger charge is 2.30. The number of fused-ring (bicyclic) bond motifs is 1. The summed E-state index contributed by atoms with van der Waals surface area (Å²) in [5, 5.41) is 0. The van der Waals surface area contributed by atoms with Gasteiger partial charge in [0.05, 0.1) is 11.4 Å². The number of benzene rings is 3. The predicted octanol–water partition coefficient (Wildman–Crippen LogP) is 6.61. The Kier molecular flexibility index (Phi) is 4.28. The van der Waals surface area contributed by atoms with E-state index in [2.05, 4.69) is 115 Å². The van der Waals surface area contributed by atoms with E-state index in [0.717, 1.165) is 29.6 Å². The Morgan fingerprint density at radius 2 is 1.21 bits per heavy atom. The molecule has 0 atom stereocenters. The fourth-order valence-corrected chi connectivity index (χ4v) is 4.13. The minimum atomic E-state index is 0.743. The van der Waals surface area contributed by atoms with Gasteiger partial charge in [0.2, 0.25) is 0 Å². The Labute approximate surface area is 171 Å². The summed E-state index contributed by atoms with van der Waals surface area (Å²) in [6.07, 6.45) is 0. The van der Waals surface area contributed by atoms with E-state index in [-0.39, 0.29) is 0 Å². The smallest absolute Gasteiger partial charge is 0.159 e. The number of aromatic nitrogens is 1. The zero-order chi connectivity index (χ0) is 19.8. The maximum atomic E-state index is 5.16. The predicted molar refractivity (Wildman–Crippen MR) is 121 cm³/mol. The number of nitrogens with zero attached hydrogens (tertiary/aromatic N) is 3. The Morgan fingerprint density at radius 1 is 0.621 bits per heavy atom. The van der Waals surface area contributed by atoms with E-state index in [4.69, 9.17) is 4.98 Å². The molecule has 142 valence electrons. The van der Waals surface area contributed by atoms with Gasteiger partial charge in [-0.05, 0) is 61.4 Å². The lowest BCUT2D eigenvalue weighted by Crippen LogP contribution is -2.24. The number of anilines is 4. The summed E-state index contributed by atoms with van der Waals surface area (Å²) in [5.74, 6) is 1.00. The monoisotopic (exact) mass is 377 g/mol. The van der Waals surface area contributed by atoms with Gasteiger partial charge in [0.1, 0.15) is 6.67 Å². The molecule has 0 fully saturated rings. The standard InChI is InChI=1S/C26H23N3/c1-19-10-9-11-20(2)25(19)23-16-17-24-26(27-23)29(22-14-7-4-8-15-22)18-28(24)21-12-5-3-6-13-21/h3-17H,18H2,1-2H3. The van der Waals surface area contributed by atoms with E-state index in [0.29, 0.717) is 0 Å². The van der Waals surface area contributed by atoms with Gasteiger partial charge in [-0.3, -0.25) is 0 Å². The van der Waals surface area contributed by atoms with Gasteiger partial charge in [-0.25, -0.2) is 4.98 Å². The summed E-state index contributed by atoms with van der Waals surface area (Å²) in [5.41, 5.74) is 8.21. The molecule has 29 heavy (non-hydrogen) atoms. The topological polar surface area (TPSA) is 19.4 Å². The summed E-state index contributed by atoms with van der Waals surface area (Å²) in [7, 11) is 0. The van der Waals surface area contributed by atoms with Crippen LogP contribution in [-0.2, 0) is 0 Å². The van der Waals surface area contributed by atoms with Crippen molar-refractivity contribution in [2.45, 2.75) is 13.8 Å². The highest BCUT2D eigenvalue weighted by molar-refractivity contribution is 5.86. The second-order valence-electron chi connectivity index (χ2n) is 7.47. The molecule has 3 aromatic carbocycles. The third kappa shape index (κ3) is 3.05. The summed E-state index contributed by atoms with van der Waals surface area (Å²) in [6.45, 7) is 5.05. The molecule has 1 aliphatic heterocycles. The van der Waals surface area contributed by atoms with E-state index < -0.39 is 0 Å². The number of aryl methyl sites for hydroxylation is 2. The van der Waals surface area contributed by atoms with E-state index >= 15 is 0 Å². The van der Waals surface area contributed by atoms with Gasteiger partial charge in [-0.15, -0.1) is 0 Å². The van der Waals surface area contributed by atoms with Crippen LogP contribution in [0, 0.1) is 13.8 Å². The summed E-state index contributed by atoms with van der Waals surface area (Å²) >= 11 is 0. The molecule has 0 N–H and O–H groups in total. The second-order valence-corrected chi connectivity index (χ2v) is 7.47. The maximum absolute atomic E-state index is 5.16. The number of pyridine rings is 1. The molecule has 1 aliphatic rings. The van der Waals surface area contributed by atoms with Gasteiger partial charge in [0.15, 0.2) is 5.82 Å². The molecule has 0 saturated heterocycles. The summed E-state index contributed by atoms with van der Waals surface area (Å²) in [4.78, 5) is 9.78. The molecule has 5 rings (SSSR count). The molecule has 0 spiro atoms. The molecule has 0 aliphatic carbocycles. The first-order chi connectivity index (χ1) is 14.2. The van der Waals surface area contributed by atoms with Crippen molar-refractivity contribution in [3.63, 3.8) is 0 Å². The Morgan fingerprint density at radius 3 is 1.83 bits per heavy atom. The fourth-order valence-electron chi connectivity index (χ4n) is 4.13. The van der Waals surface area contributed by atoms with Crippen LogP contribution in [-0.4, -0.2) is 11.7 Å². The largest absolute Gasteiger partial charge is 0.320 e. The van der Waals surface area contributed by atoms with E-state index in [1.807, 2.05) is 0 Å². The van der Waals surface area contributed by atoms with Gasteiger partial charge in [0, 0.05) is 16.9 Å². The first-order valence-corrected chi connectivity index (χ1v) is 9.95. The van der Waals surface area contributed by atoms with E-state index in [1.165, 1.54) is 22.4 Å². The molecule has 0 saturated carbocycles. The lowest BCUT2D eigenvalue weighted by atomic mass is 9.99. The van der Waals surface area contributed by atoms with Crippen molar-refractivity contribution in [3.05, 3.63) is 102 Å². The molecule has 4 aromatic rings. The Hall–Kier alpha value is -3.59. The van der Waals surface area contributed by atoms with Crippen molar-refractivity contribution in [2.75, 3.05) is 16.5 Å². The first-order valence-electron chi connectivity index (χ1n) is 9.95. The molecular weight excluding hydrogens is 354 g/mol. The van der Waals surface area contributed by atoms with Gasteiger partial charge in [0.25, 0.3) is 0 Å². The van der Waals surface area contributed by atoms with Crippen LogP contribution in [0.1, 0.15) is 11.1 Å². The SMILES string of the molecule is Cc1cccc(C)c1-c1ccc2c(n1)N(c1ccccc1)CN2c1ccccc1. The van der Waals surface area contributed by atoms with E-state index in [1.54, 1.807) is 0 Å². The van der Waals surface area contributed by atoms with Crippen LogP contribution in [0.15, 0.2) is 91.0 Å². The molecule has 3 heteroatoms. The van der Waals surface area contributed by atoms with Crippen LogP contribution in [0.4, 0.5) is 22.9 Å². The van der Waals surface area contributed by atoms with Crippen LogP contribution in [0.25, 0.3) is 11.3 Å². The van der Waals surface area contributed by atoms with Crippen molar-refractivity contribution in [3.8, 4) is 11.3 Å². The van der Waals surface area contributed by atoms with Gasteiger partial charge >= 0.3 is 0 Å². The second kappa shape index (κ2) is 7.10. The summed E-state index contributed by atoms with van der Waals surface area (Å²) in [6, 6.07) is 31.8. The van der Waals surface area contributed by atoms with Crippen LogP contribution in [0.3, 0.4) is 0 Å². The van der Waals surface area contributed by atoms with Crippen molar-refractivity contribution in [2.24, 2.45) is 0 Å². The normalized spacial score (nSPS) is 12.9. The number of hydrogen-bond acceptors (Lipinski definition) is 3. The third-order valence-electron chi connectivity index (χ3n) is 5.56. The average molecular weight is 377 g/mol. The van der Waals surface area contributed by atoms with E-state index in [9.17, 15) is 0 Å². The first kappa shape index (κ1) is 17.5. The minimum Gasteiger partial charge on any atom is -0.320 e. The van der Waals surface area contributed by atoms with Crippen molar-refractivity contribution >= 4 is 22.9 Å². The van der Waals surface area contributed by atoms with Crippen molar-refractivity contribution < 1.29 is 0 Å². The molecule has 1 aromatic heterocycles. The van der Waals surface area contributed by atoms with Crippen LogP contribution in [0.2, 0.25) is 0 Å². The van der Waals surface area contributed by atoms with Crippen molar-refractivity contribution in [1.82, 2.24) is 4.98 Å². The molecule has 0 unspecified atom stereocenters. The molecule has 2 heterocycles.